The van der Waals surface area contributed by atoms with Crippen LogP contribution < -0.4 is 9.46 Å². The Morgan fingerprint density at radius 2 is 1.88 bits per heavy atom. The van der Waals surface area contributed by atoms with Crippen molar-refractivity contribution in [3.05, 3.63) is 34.1 Å². The molecule has 8 nitrogen and oxygen atoms in total. The van der Waals surface area contributed by atoms with Gasteiger partial charge in [-0.3, -0.25) is 0 Å². The molecule has 0 spiro atoms. The molecule has 0 atom stereocenters. The topological polar surface area (TPSA) is 98.5 Å². The Labute approximate surface area is 149 Å². The standard InChI is InChI=1S/C15H19N5O3S2/c1-9-7-12(23-4)8-10(2)14(9)25(21,22)16-6-5-13-19-20-11(3)17-18-15(20)24-13/h7-8,16H,5-6H2,1-4H3. The minimum atomic E-state index is -3.61. The summed E-state index contributed by atoms with van der Waals surface area (Å²) in [6, 6.07) is 3.43. The SMILES string of the molecule is COc1cc(C)c(S(=O)(=O)NCCc2nn3c(C)nnc3s2)c(C)c1. The van der Waals surface area contributed by atoms with Crippen molar-refractivity contribution in [2.45, 2.75) is 32.1 Å². The highest BCUT2D eigenvalue weighted by Gasteiger charge is 2.20. The summed E-state index contributed by atoms with van der Waals surface area (Å²) in [5.41, 5.74) is 1.30. The number of nitrogens with one attached hydrogen (secondary N) is 1. The summed E-state index contributed by atoms with van der Waals surface area (Å²) in [7, 11) is -2.05. The van der Waals surface area contributed by atoms with Crippen molar-refractivity contribution < 1.29 is 13.2 Å². The summed E-state index contributed by atoms with van der Waals surface area (Å²) < 4.78 is 34.8. The van der Waals surface area contributed by atoms with Crippen LogP contribution in [0.25, 0.3) is 4.96 Å². The van der Waals surface area contributed by atoms with Crippen molar-refractivity contribution in [2.24, 2.45) is 0 Å². The predicted octanol–water partition coefficient (Wildman–Crippen LogP) is 1.64. The lowest BCUT2D eigenvalue weighted by Crippen LogP contribution is -2.27. The number of benzene rings is 1. The van der Waals surface area contributed by atoms with E-state index < -0.39 is 10.0 Å². The van der Waals surface area contributed by atoms with Crippen molar-refractivity contribution in [3.8, 4) is 5.75 Å². The van der Waals surface area contributed by atoms with E-state index in [0.717, 1.165) is 5.01 Å². The van der Waals surface area contributed by atoms with Crippen LogP contribution in [0, 0.1) is 20.8 Å². The molecule has 25 heavy (non-hydrogen) atoms. The summed E-state index contributed by atoms with van der Waals surface area (Å²) in [5, 5.41) is 13.1. The molecule has 0 aliphatic carbocycles. The van der Waals surface area contributed by atoms with Gasteiger partial charge in [-0.2, -0.15) is 9.61 Å². The van der Waals surface area contributed by atoms with Gasteiger partial charge in [0.25, 0.3) is 0 Å². The zero-order valence-electron chi connectivity index (χ0n) is 14.4. The molecular weight excluding hydrogens is 362 g/mol. The van der Waals surface area contributed by atoms with Gasteiger partial charge in [0.15, 0.2) is 5.82 Å². The van der Waals surface area contributed by atoms with Crippen LogP contribution in [0.1, 0.15) is 22.0 Å². The van der Waals surface area contributed by atoms with Gasteiger partial charge in [-0.15, -0.1) is 10.2 Å². The first-order chi connectivity index (χ1) is 11.8. The minimum absolute atomic E-state index is 0.260. The lowest BCUT2D eigenvalue weighted by molar-refractivity contribution is 0.413. The van der Waals surface area contributed by atoms with Crippen LogP contribution in [0.4, 0.5) is 0 Å². The molecule has 0 aliphatic heterocycles. The van der Waals surface area contributed by atoms with Crippen molar-refractivity contribution >= 4 is 26.3 Å². The average Bonchev–Trinajstić information content (AvgIpc) is 3.08. The van der Waals surface area contributed by atoms with Crippen LogP contribution in [-0.4, -0.2) is 41.9 Å². The Bertz CT molecular complexity index is 1000. The van der Waals surface area contributed by atoms with Crippen LogP contribution in [0.3, 0.4) is 0 Å². The number of aryl methyl sites for hydroxylation is 3. The molecule has 10 heteroatoms. The Morgan fingerprint density at radius 1 is 1.20 bits per heavy atom. The Balaban J connectivity index is 1.73. The second-order valence-electron chi connectivity index (χ2n) is 5.68. The van der Waals surface area contributed by atoms with Crippen molar-refractivity contribution in [1.29, 1.82) is 0 Å². The Morgan fingerprint density at radius 3 is 2.48 bits per heavy atom. The van der Waals surface area contributed by atoms with E-state index in [1.807, 2.05) is 6.92 Å². The average molecular weight is 381 g/mol. The van der Waals surface area contributed by atoms with Crippen molar-refractivity contribution in [2.75, 3.05) is 13.7 Å². The van der Waals surface area contributed by atoms with Gasteiger partial charge < -0.3 is 4.74 Å². The molecule has 2 heterocycles. The summed E-state index contributed by atoms with van der Waals surface area (Å²) in [6.07, 6.45) is 0.487. The molecule has 2 aromatic heterocycles. The van der Waals surface area contributed by atoms with Crippen LogP contribution in [0.2, 0.25) is 0 Å². The highest BCUT2D eigenvalue weighted by molar-refractivity contribution is 7.89. The second kappa shape index (κ2) is 6.70. The number of hydrogen-bond acceptors (Lipinski definition) is 7. The summed E-state index contributed by atoms with van der Waals surface area (Å²) in [4.78, 5) is 1.000. The lowest BCUT2D eigenvalue weighted by atomic mass is 10.1. The quantitative estimate of drug-likeness (QED) is 0.697. The van der Waals surface area contributed by atoms with E-state index in [1.54, 1.807) is 37.6 Å². The minimum Gasteiger partial charge on any atom is -0.497 e. The van der Waals surface area contributed by atoms with E-state index in [4.69, 9.17) is 4.74 Å². The number of nitrogens with zero attached hydrogens (tertiary/aromatic N) is 4. The normalized spacial score (nSPS) is 12.0. The van der Waals surface area contributed by atoms with Gasteiger partial charge >= 0.3 is 0 Å². The van der Waals surface area contributed by atoms with Crippen molar-refractivity contribution in [1.82, 2.24) is 24.5 Å². The van der Waals surface area contributed by atoms with Crippen LogP contribution in [0.5, 0.6) is 5.75 Å². The first-order valence-electron chi connectivity index (χ1n) is 7.64. The van der Waals surface area contributed by atoms with Crippen LogP contribution in [0.15, 0.2) is 17.0 Å². The zero-order valence-corrected chi connectivity index (χ0v) is 16.0. The second-order valence-corrected chi connectivity index (χ2v) is 8.42. The van der Waals surface area contributed by atoms with E-state index in [9.17, 15) is 8.42 Å². The van der Waals surface area contributed by atoms with Gasteiger partial charge in [0.1, 0.15) is 10.8 Å². The van der Waals surface area contributed by atoms with Gasteiger partial charge in [-0.05, 0) is 44.0 Å². The van der Waals surface area contributed by atoms with E-state index >= 15 is 0 Å². The molecule has 0 radical (unpaired) electrons. The van der Waals surface area contributed by atoms with E-state index in [0.29, 0.717) is 39.0 Å². The Hall–Kier alpha value is -2.04. The van der Waals surface area contributed by atoms with E-state index in [1.165, 1.54) is 11.3 Å². The molecule has 1 aromatic carbocycles. The van der Waals surface area contributed by atoms with Gasteiger partial charge in [0, 0.05) is 13.0 Å². The molecule has 134 valence electrons. The molecule has 0 aliphatic rings. The fourth-order valence-electron chi connectivity index (χ4n) is 2.67. The summed E-state index contributed by atoms with van der Waals surface area (Å²) >= 11 is 1.40. The maximum absolute atomic E-state index is 12.6. The third-order valence-electron chi connectivity index (χ3n) is 3.76. The first kappa shape index (κ1) is 17.8. The molecule has 0 amide bonds. The molecule has 0 unspecified atom stereocenters. The fraction of sp³-hybridized carbons (Fsp3) is 0.400. The maximum atomic E-state index is 12.6. The molecule has 0 saturated heterocycles. The Kier molecular flexibility index (Phi) is 4.76. The first-order valence-corrected chi connectivity index (χ1v) is 9.94. The van der Waals surface area contributed by atoms with Crippen LogP contribution in [-0.2, 0) is 16.4 Å². The third kappa shape index (κ3) is 3.51. The number of aromatic nitrogens is 4. The van der Waals surface area contributed by atoms with E-state index in [2.05, 4.69) is 20.0 Å². The summed E-state index contributed by atoms with van der Waals surface area (Å²) in [6.45, 7) is 5.60. The smallest absolute Gasteiger partial charge is 0.241 e. The largest absolute Gasteiger partial charge is 0.497 e. The third-order valence-corrected chi connectivity index (χ3v) is 6.48. The van der Waals surface area contributed by atoms with E-state index in [-0.39, 0.29) is 6.54 Å². The molecule has 1 N–H and O–H groups in total. The van der Waals surface area contributed by atoms with Gasteiger partial charge in [0.05, 0.1) is 12.0 Å². The molecule has 0 bridgehead atoms. The van der Waals surface area contributed by atoms with Crippen LogP contribution >= 0.6 is 11.3 Å². The summed E-state index contributed by atoms with van der Waals surface area (Å²) in [5.74, 6) is 1.35. The predicted molar refractivity (Wildman–Crippen MR) is 94.8 cm³/mol. The van der Waals surface area contributed by atoms with Gasteiger partial charge in [-0.1, -0.05) is 11.3 Å². The fourth-order valence-corrected chi connectivity index (χ4v) is 5.03. The van der Waals surface area contributed by atoms with Gasteiger partial charge in [-0.25, -0.2) is 13.1 Å². The molecular formula is C15H19N5O3S2. The number of rotatable bonds is 6. The molecule has 0 fully saturated rings. The number of fused-ring (bicyclic) bond motifs is 1. The number of hydrogen-bond donors (Lipinski definition) is 1. The molecule has 0 saturated carbocycles. The molecule has 3 aromatic rings. The lowest BCUT2D eigenvalue weighted by Gasteiger charge is -2.13. The molecule has 3 rings (SSSR count). The maximum Gasteiger partial charge on any atom is 0.241 e. The van der Waals surface area contributed by atoms with Gasteiger partial charge in [0.2, 0.25) is 15.0 Å². The highest BCUT2D eigenvalue weighted by atomic mass is 32.2. The van der Waals surface area contributed by atoms with Crippen molar-refractivity contribution in [3.63, 3.8) is 0 Å². The number of ether oxygens (including phenoxy) is 1. The monoisotopic (exact) mass is 381 g/mol. The highest BCUT2D eigenvalue weighted by Crippen LogP contribution is 2.25. The number of sulfonamides is 1. The number of methoxy groups -OCH3 is 1. The zero-order chi connectivity index (χ0) is 18.2.